The number of aliphatic hydroxyl groups is 1. The Bertz CT molecular complexity index is 477. The van der Waals surface area contributed by atoms with Gasteiger partial charge in [-0.05, 0) is 18.9 Å². The average molecular weight is 212 g/mol. The van der Waals surface area contributed by atoms with Gasteiger partial charge in [0.05, 0.1) is 11.6 Å². The Hall–Kier alpha value is -1.42. The molecular weight excluding hydrogens is 202 g/mol. The Balaban J connectivity index is 2.55. The number of furan rings is 1. The quantitative estimate of drug-likeness (QED) is 0.848. The van der Waals surface area contributed by atoms with Crippen molar-refractivity contribution in [3.05, 3.63) is 35.6 Å². The number of aryl methyl sites for hydroxylation is 1. The summed E-state index contributed by atoms with van der Waals surface area (Å²) in [4.78, 5) is 0. The number of rotatable bonds is 3. The van der Waals surface area contributed by atoms with Crippen LogP contribution in [-0.4, -0.2) is 11.7 Å². The van der Waals surface area contributed by atoms with Gasteiger partial charge < -0.3 is 9.52 Å². The second kappa shape index (κ2) is 3.98. The van der Waals surface area contributed by atoms with Crippen molar-refractivity contribution in [2.45, 2.75) is 12.8 Å². The van der Waals surface area contributed by atoms with Crippen LogP contribution >= 0.6 is 0 Å². The molecule has 0 saturated carbocycles. The highest BCUT2D eigenvalue weighted by molar-refractivity contribution is 5.81. The van der Waals surface area contributed by atoms with Crippen molar-refractivity contribution in [1.29, 1.82) is 0 Å². The third kappa shape index (κ3) is 1.72. The minimum atomic E-state index is -0.622. The lowest BCUT2D eigenvalue weighted by Crippen LogP contribution is -1.95. The monoisotopic (exact) mass is 212 g/mol. The Morgan fingerprint density at radius 2 is 2.07 bits per heavy atom. The Labute approximate surface area is 85.1 Å². The summed E-state index contributed by atoms with van der Waals surface area (Å²) in [6, 6.07) is 2.32. The Morgan fingerprint density at radius 3 is 2.80 bits per heavy atom. The number of aliphatic hydroxyl groups excluding tert-OH is 1. The predicted octanol–water partition coefficient (Wildman–Crippen LogP) is 2.64. The maximum absolute atomic E-state index is 13.4. The number of benzene rings is 1. The van der Waals surface area contributed by atoms with E-state index in [0.29, 0.717) is 18.4 Å². The molecule has 0 aliphatic carbocycles. The fourth-order valence-corrected chi connectivity index (χ4v) is 1.60. The van der Waals surface area contributed by atoms with Gasteiger partial charge >= 0.3 is 0 Å². The minimum Gasteiger partial charge on any atom is -0.464 e. The van der Waals surface area contributed by atoms with Crippen LogP contribution in [0.15, 0.2) is 22.8 Å². The second-order valence-electron chi connectivity index (χ2n) is 3.31. The highest BCUT2D eigenvalue weighted by Gasteiger charge is 2.14. The molecule has 0 saturated heterocycles. The molecule has 0 fully saturated rings. The number of fused-ring (bicyclic) bond motifs is 1. The normalized spacial score (nSPS) is 11.1. The standard InChI is InChI=1S/C11H10F2O2/c12-9-6-10(13)8-3-5-15-11(8)7(9)2-1-4-14/h3,5-6,14H,1-2,4H2. The van der Waals surface area contributed by atoms with Crippen molar-refractivity contribution in [2.24, 2.45) is 0 Å². The molecule has 0 bridgehead atoms. The average Bonchev–Trinajstić information content (AvgIpc) is 2.66. The highest BCUT2D eigenvalue weighted by atomic mass is 19.1. The third-order valence-electron chi connectivity index (χ3n) is 2.32. The van der Waals surface area contributed by atoms with Crippen LogP contribution < -0.4 is 0 Å². The molecule has 0 radical (unpaired) electrons. The lowest BCUT2D eigenvalue weighted by molar-refractivity contribution is 0.288. The largest absolute Gasteiger partial charge is 0.464 e. The summed E-state index contributed by atoms with van der Waals surface area (Å²) in [5, 5.41) is 8.95. The van der Waals surface area contributed by atoms with Crippen molar-refractivity contribution < 1.29 is 18.3 Å². The van der Waals surface area contributed by atoms with E-state index in [2.05, 4.69) is 0 Å². The van der Waals surface area contributed by atoms with E-state index in [1.807, 2.05) is 0 Å². The van der Waals surface area contributed by atoms with Gasteiger partial charge in [-0.25, -0.2) is 8.78 Å². The molecule has 1 aromatic heterocycles. The molecule has 2 aromatic rings. The first-order valence-corrected chi connectivity index (χ1v) is 4.69. The lowest BCUT2D eigenvalue weighted by Gasteiger charge is -2.03. The molecule has 1 aromatic carbocycles. The fourth-order valence-electron chi connectivity index (χ4n) is 1.60. The molecule has 4 heteroatoms. The summed E-state index contributed by atoms with van der Waals surface area (Å²) < 4.78 is 31.7. The van der Waals surface area contributed by atoms with Crippen molar-refractivity contribution in [1.82, 2.24) is 0 Å². The van der Waals surface area contributed by atoms with E-state index in [1.54, 1.807) is 0 Å². The van der Waals surface area contributed by atoms with Gasteiger partial charge in [-0.2, -0.15) is 0 Å². The van der Waals surface area contributed by atoms with Gasteiger partial charge in [0.25, 0.3) is 0 Å². The van der Waals surface area contributed by atoms with Gasteiger partial charge in [-0.15, -0.1) is 0 Å². The van der Waals surface area contributed by atoms with Crippen LogP contribution in [0.4, 0.5) is 8.78 Å². The molecule has 15 heavy (non-hydrogen) atoms. The Kier molecular flexibility index (Phi) is 2.68. The van der Waals surface area contributed by atoms with Crippen molar-refractivity contribution in [2.75, 3.05) is 6.61 Å². The summed E-state index contributed by atoms with van der Waals surface area (Å²) in [7, 11) is 0. The predicted molar refractivity (Wildman–Crippen MR) is 51.5 cm³/mol. The van der Waals surface area contributed by atoms with Crippen LogP contribution in [0.1, 0.15) is 12.0 Å². The van der Waals surface area contributed by atoms with E-state index < -0.39 is 11.6 Å². The minimum absolute atomic E-state index is 0.0288. The van der Waals surface area contributed by atoms with Crippen LogP contribution in [-0.2, 0) is 6.42 Å². The first-order chi connectivity index (χ1) is 7.24. The first kappa shape index (κ1) is 10.1. The van der Waals surface area contributed by atoms with Gasteiger partial charge in [-0.1, -0.05) is 0 Å². The maximum Gasteiger partial charge on any atom is 0.142 e. The molecule has 0 unspecified atom stereocenters. The molecule has 0 aliphatic rings. The van der Waals surface area contributed by atoms with Crippen LogP contribution in [0.2, 0.25) is 0 Å². The fraction of sp³-hybridized carbons (Fsp3) is 0.273. The summed E-state index contributed by atoms with van der Waals surface area (Å²) in [6.07, 6.45) is 2.10. The van der Waals surface area contributed by atoms with Crippen LogP contribution in [0, 0.1) is 11.6 Å². The van der Waals surface area contributed by atoms with Gasteiger partial charge in [0.1, 0.15) is 17.2 Å². The first-order valence-electron chi connectivity index (χ1n) is 4.69. The van der Waals surface area contributed by atoms with E-state index in [4.69, 9.17) is 9.52 Å². The smallest absolute Gasteiger partial charge is 0.142 e. The number of hydrogen-bond donors (Lipinski definition) is 1. The van der Waals surface area contributed by atoms with Gasteiger partial charge in [0.15, 0.2) is 0 Å². The molecule has 0 amide bonds. The van der Waals surface area contributed by atoms with E-state index in [-0.39, 0.29) is 17.6 Å². The molecule has 1 N–H and O–H groups in total. The number of halogens is 2. The van der Waals surface area contributed by atoms with Crippen LogP contribution in [0.5, 0.6) is 0 Å². The number of hydrogen-bond acceptors (Lipinski definition) is 2. The lowest BCUT2D eigenvalue weighted by atomic mass is 10.1. The topological polar surface area (TPSA) is 33.4 Å². The molecule has 1 heterocycles. The third-order valence-corrected chi connectivity index (χ3v) is 2.32. The molecule has 0 aliphatic heterocycles. The SMILES string of the molecule is OCCCc1c(F)cc(F)c2ccoc12. The summed E-state index contributed by atoms with van der Waals surface area (Å²) >= 11 is 0. The summed E-state index contributed by atoms with van der Waals surface area (Å²) in [5.74, 6) is -1.24. The van der Waals surface area contributed by atoms with Crippen molar-refractivity contribution in [3.8, 4) is 0 Å². The molecule has 80 valence electrons. The van der Waals surface area contributed by atoms with Gasteiger partial charge in [0, 0.05) is 18.2 Å². The zero-order valence-electron chi connectivity index (χ0n) is 7.96. The highest BCUT2D eigenvalue weighted by Crippen LogP contribution is 2.26. The van der Waals surface area contributed by atoms with E-state index in [9.17, 15) is 8.78 Å². The van der Waals surface area contributed by atoms with Crippen LogP contribution in [0.3, 0.4) is 0 Å². The summed E-state index contributed by atoms with van der Waals surface area (Å²) in [6.45, 7) is -0.0288. The van der Waals surface area contributed by atoms with Crippen molar-refractivity contribution in [3.63, 3.8) is 0 Å². The van der Waals surface area contributed by atoms with Crippen LogP contribution in [0.25, 0.3) is 11.0 Å². The van der Waals surface area contributed by atoms with E-state index in [1.165, 1.54) is 12.3 Å². The molecule has 0 atom stereocenters. The molecule has 0 spiro atoms. The van der Waals surface area contributed by atoms with E-state index in [0.717, 1.165) is 6.07 Å². The zero-order chi connectivity index (χ0) is 10.8. The molecular formula is C11H10F2O2. The Morgan fingerprint density at radius 1 is 1.27 bits per heavy atom. The zero-order valence-corrected chi connectivity index (χ0v) is 7.96. The van der Waals surface area contributed by atoms with Gasteiger partial charge in [-0.3, -0.25) is 0 Å². The maximum atomic E-state index is 13.4. The molecule has 2 nitrogen and oxygen atoms in total. The van der Waals surface area contributed by atoms with Gasteiger partial charge in [0.2, 0.25) is 0 Å². The molecule has 2 rings (SSSR count). The second-order valence-corrected chi connectivity index (χ2v) is 3.31. The van der Waals surface area contributed by atoms with E-state index >= 15 is 0 Å². The summed E-state index contributed by atoms with van der Waals surface area (Å²) in [5.41, 5.74) is 0.561. The van der Waals surface area contributed by atoms with Crippen molar-refractivity contribution >= 4 is 11.0 Å².